The van der Waals surface area contributed by atoms with Crippen LogP contribution in [-0.2, 0) is 11.2 Å². The van der Waals surface area contributed by atoms with Gasteiger partial charge in [-0.1, -0.05) is 31.5 Å². The Labute approximate surface area is 109 Å². The predicted octanol–water partition coefficient (Wildman–Crippen LogP) is 2.72. The van der Waals surface area contributed by atoms with E-state index in [9.17, 15) is 4.79 Å². The van der Waals surface area contributed by atoms with Gasteiger partial charge in [0.05, 0.1) is 0 Å². The molecule has 3 nitrogen and oxygen atoms in total. The molecule has 1 aliphatic heterocycles. The van der Waals surface area contributed by atoms with Gasteiger partial charge in [0.15, 0.2) is 0 Å². The summed E-state index contributed by atoms with van der Waals surface area (Å²) in [5.41, 5.74) is 2.41. The number of anilines is 1. The number of hydrogen-bond acceptors (Lipinski definition) is 2. The van der Waals surface area contributed by atoms with Crippen molar-refractivity contribution in [3.05, 3.63) is 29.8 Å². The van der Waals surface area contributed by atoms with Crippen LogP contribution in [0.1, 0.15) is 38.7 Å². The van der Waals surface area contributed by atoms with Crippen molar-refractivity contribution in [1.29, 1.82) is 0 Å². The SMILES string of the molecule is CCCC(C)NC(=O)C1CCc2ccccc2N1. The number of benzene rings is 1. The van der Waals surface area contributed by atoms with Crippen LogP contribution >= 0.6 is 0 Å². The van der Waals surface area contributed by atoms with Crippen LogP contribution in [0.25, 0.3) is 0 Å². The third-order valence-corrected chi connectivity index (χ3v) is 3.48. The van der Waals surface area contributed by atoms with Crippen molar-refractivity contribution in [3.8, 4) is 0 Å². The molecule has 1 amide bonds. The van der Waals surface area contributed by atoms with E-state index in [2.05, 4.69) is 30.5 Å². The number of carbonyl (C=O) groups is 1. The molecule has 1 aromatic rings. The highest BCUT2D eigenvalue weighted by molar-refractivity contribution is 5.85. The highest BCUT2D eigenvalue weighted by Gasteiger charge is 2.24. The Bertz CT molecular complexity index is 417. The van der Waals surface area contributed by atoms with Crippen LogP contribution in [0.5, 0.6) is 0 Å². The van der Waals surface area contributed by atoms with Gasteiger partial charge in [-0.3, -0.25) is 4.79 Å². The highest BCUT2D eigenvalue weighted by Crippen LogP contribution is 2.24. The van der Waals surface area contributed by atoms with E-state index in [0.717, 1.165) is 31.4 Å². The second kappa shape index (κ2) is 5.89. The Morgan fingerprint density at radius 1 is 1.50 bits per heavy atom. The van der Waals surface area contributed by atoms with Gasteiger partial charge >= 0.3 is 0 Å². The Morgan fingerprint density at radius 2 is 2.28 bits per heavy atom. The Morgan fingerprint density at radius 3 is 3.06 bits per heavy atom. The summed E-state index contributed by atoms with van der Waals surface area (Å²) in [6.07, 6.45) is 3.99. The first-order valence-corrected chi connectivity index (χ1v) is 6.85. The summed E-state index contributed by atoms with van der Waals surface area (Å²) < 4.78 is 0. The summed E-state index contributed by atoms with van der Waals surface area (Å²) in [6, 6.07) is 8.40. The molecule has 2 atom stereocenters. The molecule has 2 rings (SSSR count). The van der Waals surface area contributed by atoms with Gasteiger partial charge < -0.3 is 10.6 Å². The predicted molar refractivity (Wildman–Crippen MR) is 74.7 cm³/mol. The molecular weight excluding hydrogens is 224 g/mol. The molecule has 98 valence electrons. The quantitative estimate of drug-likeness (QED) is 0.857. The number of amides is 1. The van der Waals surface area contributed by atoms with E-state index < -0.39 is 0 Å². The average molecular weight is 246 g/mol. The molecule has 1 heterocycles. The Balaban J connectivity index is 1.94. The van der Waals surface area contributed by atoms with E-state index in [1.165, 1.54) is 5.56 Å². The molecular formula is C15H22N2O. The minimum absolute atomic E-state index is 0.0841. The van der Waals surface area contributed by atoms with Crippen LogP contribution in [-0.4, -0.2) is 18.0 Å². The first-order chi connectivity index (χ1) is 8.70. The Kier molecular flexibility index (Phi) is 4.24. The molecule has 0 radical (unpaired) electrons. The number of aryl methyl sites for hydroxylation is 1. The number of rotatable bonds is 4. The number of carbonyl (C=O) groups excluding carboxylic acids is 1. The Hall–Kier alpha value is -1.51. The van der Waals surface area contributed by atoms with Crippen molar-refractivity contribution < 1.29 is 4.79 Å². The molecule has 0 bridgehead atoms. The average Bonchev–Trinajstić information content (AvgIpc) is 2.38. The largest absolute Gasteiger partial charge is 0.373 e. The standard InChI is InChI=1S/C15H22N2O/c1-3-6-11(2)16-15(18)14-10-9-12-7-4-5-8-13(12)17-14/h4-5,7-8,11,14,17H,3,6,9-10H2,1-2H3,(H,16,18). The van der Waals surface area contributed by atoms with Gasteiger partial charge in [0.25, 0.3) is 0 Å². The molecule has 2 unspecified atom stereocenters. The summed E-state index contributed by atoms with van der Waals surface area (Å²) in [5.74, 6) is 0.130. The van der Waals surface area contributed by atoms with Crippen LogP contribution in [0.2, 0.25) is 0 Å². The van der Waals surface area contributed by atoms with E-state index >= 15 is 0 Å². The molecule has 0 aliphatic carbocycles. The van der Waals surface area contributed by atoms with Gasteiger partial charge in [0, 0.05) is 11.7 Å². The second-order valence-corrected chi connectivity index (χ2v) is 5.09. The summed E-state index contributed by atoms with van der Waals surface area (Å²) in [6.45, 7) is 4.20. The van der Waals surface area contributed by atoms with E-state index in [1.807, 2.05) is 18.2 Å². The molecule has 18 heavy (non-hydrogen) atoms. The van der Waals surface area contributed by atoms with Crippen molar-refractivity contribution >= 4 is 11.6 Å². The molecule has 1 aliphatic rings. The maximum Gasteiger partial charge on any atom is 0.242 e. The maximum atomic E-state index is 12.1. The fraction of sp³-hybridized carbons (Fsp3) is 0.533. The summed E-state index contributed by atoms with van der Waals surface area (Å²) >= 11 is 0. The van der Waals surface area contributed by atoms with Crippen LogP contribution in [0.4, 0.5) is 5.69 Å². The third kappa shape index (κ3) is 3.03. The zero-order chi connectivity index (χ0) is 13.0. The molecule has 1 aromatic carbocycles. The smallest absolute Gasteiger partial charge is 0.242 e. The molecule has 0 spiro atoms. The minimum atomic E-state index is -0.0841. The fourth-order valence-corrected chi connectivity index (χ4v) is 2.48. The van der Waals surface area contributed by atoms with Crippen molar-refractivity contribution in [3.63, 3.8) is 0 Å². The number of nitrogens with one attached hydrogen (secondary N) is 2. The van der Waals surface area contributed by atoms with Gasteiger partial charge in [0.2, 0.25) is 5.91 Å². The van der Waals surface area contributed by atoms with E-state index in [-0.39, 0.29) is 18.0 Å². The normalized spacial score (nSPS) is 19.6. The van der Waals surface area contributed by atoms with Crippen LogP contribution in [0.15, 0.2) is 24.3 Å². The summed E-state index contributed by atoms with van der Waals surface area (Å²) in [7, 11) is 0. The first-order valence-electron chi connectivity index (χ1n) is 6.85. The molecule has 0 fully saturated rings. The fourth-order valence-electron chi connectivity index (χ4n) is 2.48. The van der Waals surface area contributed by atoms with Gasteiger partial charge in [0.1, 0.15) is 6.04 Å². The first kappa shape index (κ1) is 12.9. The van der Waals surface area contributed by atoms with E-state index in [0.29, 0.717) is 0 Å². The summed E-state index contributed by atoms with van der Waals surface area (Å²) in [4.78, 5) is 12.1. The zero-order valence-electron chi connectivity index (χ0n) is 11.2. The van der Waals surface area contributed by atoms with Gasteiger partial charge in [-0.2, -0.15) is 0 Å². The molecule has 0 saturated heterocycles. The molecule has 3 heteroatoms. The monoisotopic (exact) mass is 246 g/mol. The third-order valence-electron chi connectivity index (χ3n) is 3.48. The summed E-state index contributed by atoms with van der Waals surface area (Å²) in [5, 5.41) is 6.41. The van der Waals surface area contributed by atoms with E-state index in [1.54, 1.807) is 0 Å². The molecule has 2 N–H and O–H groups in total. The van der Waals surface area contributed by atoms with Gasteiger partial charge in [-0.05, 0) is 37.8 Å². The number of fused-ring (bicyclic) bond motifs is 1. The van der Waals surface area contributed by atoms with Crippen molar-refractivity contribution in [2.45, 2.75) is 51.6 Å². The minimum Gasteiger partial charge on any atom is -0.373 e. The van der Waals surface area contributed by atoms with Crippen LogP contribution in [0, 0.1) is 0 Å². The van der Waals surface area contributed by atoms with Gasteiger partial charge in [-0.25, -0.2) is 0 Å². The van der Waals surface area contributed by atoms with Crippen LogP contribution < -0.4 is 10.6 Å². The van der Waals surface area contributed by atoms with Crippen LogP contribution in [0.3, 0.4) is 0 Å². The maximum absolute atomic E-state index is 12.1. The lowest BCUT2D eigenvalue weighted by Crippen LogP contribution is -2.45. The van der Waals surface area contributed by atoms with E-state index in [4.69, 9.17) is 0 Å². The lowest BCUT2D eigenvalue weighted by Gasteiger charge is -2.27. The van der Waals surface area contributed by atoms with Crippen molar-refractivity contribution in [2.75, 3.05) is 5.32 Å². The van der Waals surface area contributed by atoms with Crippen molar-refractivity contribution in [1.82, 2.24) is 5.32 Å². The lowest BCUT2D eigenvalue weighted by molar-refractivity contribution is -0.122. The van der Waals surface area contributed by atoms with Crippen molar-refractivity contribution in [2.24, 2.45) is 0 Å². The topological polar surface area (TPSA) is 41.1 Å². The zero-order valence-corrected chi connectivity index (χ0v) is 11.2. The number of para-hydroxylation sites is 1. The molecule has 0 saturated carbocycles. The highest BCUT2D eigenvalue weighted by atomic mass is 16.2. The number of hydrogen-bond donors (Lipinski definition) is 2. The lowest BCUT2D eigenvalue weighted by atomic mass is 9.97. The van der Waals surface area contributed by atoms with Gasteiger partial charge in [-0.15, -0.1) is 0 Å². The molecule has 0 aromatic heterocycles. The second-order valence-electron chi connectivity index (χ2n) is 5.09.